The standard InChI is InChI=1S/C14H15N5O/c1-8-7-20-5-3-11-18-12-13(19(8)11)9-2-4-16-6-10(9)17-14(12)15/h2,4,6,8H,3,5,7H2,1H3,(H2,15,17). The van der Waals surface area contributed by atoms with E-state index >= 15 is 0 Å². The summed E-state index contributed by atoms with van der Waals surface area (Å²) < 4.78 is 7.86. The molecule has 1 aliphatic heterocycles. The highest BCUT2D eigenvalue weighted by molar-refractivity contribution is 6.06. The number of imidazole rings is 1. The van der Waals surface area contributed by atoms with Crippen LogP contribution in [0.1, 0.15) is 18.8 Å². The number of fused-ring (bicyclic) bond motifs is 5. The van der Waals surface area contributed by atoms with E-state index in [1.165, 1.54) is 0 Å². The number of ether oxygens (including phenoxy) is 1. The Morgan fingerprint density at radius 3 is 3.20 bits per heavy atom. The van der Waals surface area contributed by atoms with Gasteiger partial charge in [0.1, 0.15) is 11.3 Å². The minimum Gasteiger partial charge on any atom is -0.382 e. The molecule has 4 rings (SSSR count). The first-order valence-electron chi connectivity index (χ1n) is 6.73. The monoisotopic (exact) mass is 269 g/mol. The van der Waals surface area contributed by atoms with Crippen molar-refractivity contribution in [3.63, 3.8) is 0 Å². The number of pyridine rings is 2. The predicted molar refractivity (Wildman–Crippen MR) is 76.5 cm³/mol. The largest absolute Gasteiger partial charge is 0.382 e. The number of nitrogen functional groups attached to an aromatic ring is 1. The van der Waals surface area contributed by atoms with Gasteiger partial charge in [0.15, 0.2) is 5.82 Å². The lowest BCUT2D eigenvalue weighted by molar-refractivity contribution is 0.124. The number of nitrogens with two attached hydrogens (primary N) is 1. The Hall–Kier alpha value is -2.21. The highest BCUT2D eigenvalue weighted by Gasteiger charge is 2.22. The van der Waals surface area contributed by atoms with Crippen LogP contribution < -0.4 is 5.73 Å². The Labute approximate surface area is 115 Å². The van der Waals surface area contributed by atoms with Gasteiger partial charge in [-0.05, 0) is 13.0 Å². The summed E-state index contributed by atoms with van der Waals surface area (Å²) in [6, 6.07) is 2.20. The summed E-state index contributed by atoms with van der Waals surface area (Å²) in [4.78, 5) is 13.2. The molecule has 1 aliphatic rings. The molecular formula is C14H15N5O. The van der Waals surface area contributed by atoms with Crippen molar-refractivity contribution < 1.29 is 4.74 Å². The summed E-state index contributed by atoms with van der Waals surface area (Å²) in [7, 11) is 0. The maximum atomic E-state index is 6.07. The van der Waals surface area contributed by atoms with Crippen LogP contribution in [0.2, 0.25) is 0 Å². The summed E-state index contributed by atoms with van der Waals surface area (Å²) in [6.07, 6.45) is 4.31. The van der Waals surface area contributed by atoms with Crippen molar-refractivity contribution in [3.8, 4) is 0 Å². The van der Waals surface area contributed by atoms with Crippen molar-refractivity contribution in [1.82, 2.24) is 19.5 Å². The predicted octanol–water partition coefficient (Wildman–Crippen LogP) is 1.70. The molecule has 1 atom stereocenters. The Bertz CT molecular complexity index is 810. The number of anilines is 1. The van der Waals surface area contributed by atoms with E-state index in [0.717, 1.165) is 34.2 Å². The SMILES string of the molecule is CC1COCCc2nc3c(N)nc4cnccc4c3n21. The van der Waals surface area contributed by atoms with E-state index in [2.05, 4.69) is 26.4 Å². The maximum absolute atomic E-state index is 6.07. The zero-order valence-electron chi connectivity index (χ0n) is 11.2. The summed E-state index contributed by atoms with van der Waals surface area (Å²) in [5, 5.41) is 1.04. The molecule has 1 unspecified atom stereocenters. The highest BCUT2D eigenvalue weighted by Crippen LogP contribution is 2.31. The zero-order valence-corrected chi connectivity index (χ0v) is 11.2. The lowest BCUT2D eigenvalue weighted by Gasteiger charge is -2.14. The lowest BCUT2D eigenvalue weighted by Crippen LogP contribution is -2.10. The fourth-order valence-corrected chi connectivity index (χ4v) is 2.92. The van der Waals surface area contributed by atoms with Gasteiger partial charge in [0.2, 0.25) is 0 Å². The Morgan fingerprint density at radius 1 is 1.40 bits per heavy atom. The van der Waals surface area contributed by atoms with Crippen molar-refractivity contribution in [3.05, 3.63) is 24.3 Å². The number of aromatic nitrogens is 4. The Morgan fingerprint density at radius 2 is 2.30 bits per heavy atom. The molecule has 0 spiro atoms. The van der Waals surface area contributed by atoms with Gasteiger partial charge in [0.25, 0.3) is 0 Å². The first-order valence-corrected chi connectivity index (χ1v) is 6.73. The normalized spacial score (nSPS) is 19.1. The van der Waals surface area contributed by atoms with E-state index in [0.29, 0.717) is 19.0 Å². The molecule has 0 fully saturated rings. The number of rotatable bonds is 0. The molecule has 4 heterocycles. The van der Waals surface area contributed by atoms with Crippen LogP contribution in [0.5, 0.6) is 0 Å². The van der Waals surface area contributed by atoms with E-state index in [1.807, 2.05) is 6.07 Å². The average molecular weight is 269 g/mol. The summed E-state index contributed by atoms with van der Waals surface area (Å²) in [5.41, 5.74) is 8.71. The highest BCUT2D eigenvalue weighted by atomic mass is 16.5. The van der Waals surface area contributed by atoms with Crippen molar-refractivity contribution in [2.75, 3.05) is 18.9 Å². The Kier molecular flexibility index (Phi) is 2.40. The molecule has 0 aliphatic carbocycles. The molecule has 3 aromatic rings. The van der Waals surface area contributed by atoms with Crippen molar-refractivity contribution in [1.29, 1.82) is 0 Å². The second-order valence-corrected chi connectivity index (χ2v) is 5.16. The van der Waals surface area contributed by atoms with Crippen LogP contribution >= 0.6 is 0 Å². The smallest absolute Gasteiger partial charge is 0.152 e. The Balaban J connectivity index is 2.19. The van der Waals surface area contributed by atoms with Crippen LogP contribution in [-0.4, -0.2) is 32.7 Å². The van der Waals surface area contributed by atoms with Crippen LogP contribution in [0.3, 0.4) is 0 Å². The summed E-state index contributed by atoms with van der Waals surface area (Å²) in [6.45, 7) is 3.52. The second kappa shape index (κ2) is 4.14. The molecule has 0 aromatic carbocycles. The van der Waals surface area contributed by atoms with Crippen LogP contribution in [0.15, 0.2) is 18.5 Å². The van der Waals surface area contributed by atoms with Gasteiger partial charge in [-0.15, -0.1) is 0 Å². The van der Waals surface area contributed by atoms with Crippen LogP contribution in [-0.2, 0) is 11.2 Å². The van der Waals surface area contributed by atoms with E-state index in [9.17, 15) is 0 Å². The van der Waals surface area contributed by atoms with Crippen LogP contribution in [0.25, 0.3) is 21.9 Å². The third-order valence-corrected chi connectivity index (χ3v) is 3.79. The molecule has 3 aromatic heterocycles. The minimum absolute atomic E-state index is 0.232. The van der Waals surface area contributed by atoms with E-state index in [-0.39, 0.29) is 6.04 Å². The third-order valence-electron chi connectivity index (χ3n) is 3.79. The van der Waals surface area contributed by atoms with E-state index in [4.69, 9.17) is 10.5 Å². The average Bonchev–Trinajstić information content (AvgIpc) is 2.75. The first-order chi connectivity index (χ1) is 9.75. The topological polar surface area (TPSA) is 78.8 Å². The summed E-state index contributed by atoms with van der Waals surface area (Å²) in [5.74, 6) is 1.48. The third kappa shape index (κ3) is 1.51. The molecule has 2 N–H and O–H groups in total. The van der Waals surface area contributed by atoms with Crippen LogP contribution in [0, 0.1) is 0 Å². The van der Waals surface area contributed by atoms with Crippen molar-refractivity contribution in [2.24, 2.45) is 0 Å². The van der Waals surface area contributed by atoms with Crippen molar-refractivity contribution in [2.45, 2.75) is 19.4 Å². The summed E-state index contributed by atoms with van der Waals surface area (Å²) >= 11 is 0. The van der Waals surface area contributed by atoms with Gasteiger partial charge in [-0.1, -0.05) is 0 Å². The zero-order chi connectivity index (χ0) is 13.7. The van der Waals surface area contributed by atoms with Gasteiger partial charge < -0.3 is 15.0 Å². The van der Waals surface area contributed by atoms with Gasteiger partial charge in [-0.2, -0.15) is 0 Å². The molecular weight excluding hydrogens is 254 g/mol. The van der Waals surface area contributed by atoms with Crippen LogP contribution in [0.4, 0.5) is 5.82 Å². The van der Waals surface area contributed by atoms with Gasteiger partial charge in [-0.25, -0.2) is 9.97 Å². The fraction of sp³-hybridized carbons (Fsp3) is 0.357. The molecule has 20 heavy (non-hydrogen) atoms. The molecule has 6 heteroatoms. The van der Waals surface area contributed by atoms with E-state index < -0.39 is 0 Å². The van der Waals surface area contributed by atoms with E-state index in [1.54, 1.807) is 12.4 Å². The molecule has 6 nitrogen and oxygen atoms in total. The van der Waals surface area contributed by atoms with Gasteiger partial charge in [0, 0.05) is 18.0 Å². The molecule has 0 saturated carbocycles. The van der Waals surface area contributed by atoms with Gasteiger partial charge in [0.05, 0.1) is 36.5 Å². The van der Waals surface area contributed by atoms with Gasteiger partial charge >= 0.3 is 0 Å². The first kappa shape index (κ1) is 11.6. The number of hydrogen-bond acceptors (Lipinski definition) is 5. The second-order valence-electron chi connectivity index (χ2n) is 5.16. The molecule has 102 valence electrons. The number of hydrogen-bond donors (Lipinski definition) is 1. The quantitative estimate of drug-likeness (QED) is 0.672. The number of nitrogens with zero attached hydrogens (tertiary/aromatic N) is 4. The molecule has 0 radical (unpaired) electrons. The minimum atomic E-state index is 0.232. The van der Waals surface area contributed by atoms with Gasteiger partial charge in [-0.3, -0.25) is 4.98 Å². The molecule has 0 saturated heterocycles. The maximum Gasteiger partial charge on any atom is 0.152 e. The lowest BCUT2D eigenvalue weighted by atomic mass is 10.2. The van der Waals surface area contributed by atoms with Crippen molar-refractivity contribution >= 4 is 27.8 Å². The molecule has 0 bridgehead atoms. The molecule has 0 amide bonds. The fourth-order valence-electron chi connectivity index (χ4n) is 2.92.